The first-order valence-electron chi connectivity index (χ1n) is 16.5. The summed E-state index contributed by atoms with van der Waals surface area (Å²) in [7, 11) is -1.49. The second-order valence-electron chi connectivity index (χ2n) is 12.2. The normalized spacial score (nSPS) is 14.0. The largest absolute Gasteiger partial charge is 0.493 e. The summed E-state index contributed by atoms with van der Waals surface area (Å²) in [6.45, 7) is -0.521. The molecule has 4 aromatic carbocycles. The van der Waals surface area contributed by atoms with Crippen molar-refractivity contribution in [2.45, 2.75) is 62.0 Å². The van der Waals surface area contributed by atoms with Crippen LogP contribution in [0.15, 0.2) is 106 Å². The van der Waals surface area contributed by atoms with Gasteiger partial charge >= 0.3 is 0 Å². The smallest absolute Gasteiger partial charge is 0.264 e. The zero-order chi connectivity index (χ0) is 35.7. The molecule has 9 nitrogen and oxygen atoms in total. The standard InChI is InChI=1S/C38H41BrClN3O6S/c1-48-35-21-20-33(24-36(35)49-2)50(46,47)43(32-18-16-30(40)17-19-32)26-37(44)42(25-28-12-9-13-29(39)22-28)34(23-27-10-5-3-6-11-27)38(45)41-31-14-7-4-8-15-31/h3,5-6,9-13,16-22,24,31,34H,4,7-8,14-15,23,25-26H2,1-2H3,(H,41,45)/t34-/m0/s1. The highest BCUT2D eigenvalue weighted by atomic mass is 79.9. The summed E-state index contributed by atoms with van der Waals surface area (Å²) in [5, 5.41) is 3.63. The van der Waals surface area contributed by atoms with Crippen molar-refractivity contribution in [2.24, 2.45) is 0 Å². The zero-order valence-electron chi connectivity index (χ0n) is 28.1. The van der Waals surface area contributed by atoms with Crippen molar-refractivity contribution in [3.8, 4) is 11.5 Å². The highest BCUT2D eigenvalue weighted by Crippen LogP contribution is 2.33. The number of sulfonamides is 1. The van der Waals surface area contributed by atoms with Crippen LogP contribution in [-0.4, -0.2) is 58.0 Å². The van der Waals surface area contributed by atoms with Crippen LogP contribution >= 0.6 is 27.5 Å². The van der Waals surface area contributed by atoms with E-state index in [-0.39, 0.29) is 41.2 Å². The topological polar surface area (TPSA) is 105 Å². The summed E-state index contributed by atoms with van der Waals surface area (Å²) in [6, 6.07) is 26.6. The Morgan fingerprint density at radius 3 is 2.20 bits per heavy atom. The van der Waals surface area contributed by atoms with Gasteiger partial charge in [0.2, 0.25) is 11.8 Å². The van der Waals surface area contributed by atoms with Crippen molar-refractivity contribution in [3.63, 3.8) is 0 Å². The van der Waals surface area contributed by atoms with Gasteiger partial charge in [-0.3, -0.25) is 13.9 Å². The molecule has 2 amide bonds. The van der Waals surface area contributed by atoms with Gasteiger partial charge < -0.3 is 19.7 Å². The second kappa shape index (κ2) is 17.2. The van der Waals surface area contributed by atoms with E-state index in [2.05, 4.69) is 21.2 Å². The maximum absolute atomic E-state index is 14.8. The molecule has 1 N–H and O–H groups in total. The molecule has 0 aliphatic heterocycles. The lowest BCUT2D eigenvalue weighted by Gasteiger charge is -2.35. The van der Waals surface area contributed by atoms with E-state index in [0.717, 1.165) is 52.0 Å². The number of anilines is 1. The minimum absolute atomic E-state index is 0.00772. The fourth-order valence-electron chi connectivity index (χ4n) is 6.17. The van der Waals surface area contributed by atoms with E-state index in [0.29, 0.717) is 10.8 Å². The zero-order valence-corrected chi connectivity index (χ0v) is 31.2. The number of carbonyl (C=O) groups excluding carboxylic acids is 2. The van der Waals surface area contributed by atoms with E-state index in [4.69, 9.17) is 21.1 Å². The molecule has 0 unspecified atom stereocenters. The van der Waals surface area contributed by atoms with Crippen LogP contribution in [0.4, 0.5) is 5.69 Å². The minimum Gasteiger partial charge on any atom is -0.493 e. The first-order valence-corrected chi connectivity index (χ1v) is 19.1. The molecule has 1 atom stereocenters. The lowest BCUT2D eigenvalue weighted by Crippen LogP contribution is -2.55. The molecule has 50 heavy (non-hydrogen) atoms. The van der Waals surface area contributed by atoms with Gasteiger partial charge in [0.25, 0.3) is 10.0 Å². The molecule has 0 saturated heterocycles. The fourth-order valence-corrected chi connectivity index (χ4v) is 8.17. The molecule has 0 aromatic heterocycles. The third kappa shape index (κ3) is 9.38. The molecular formula is C38H41BrClN3O6S. The Balaban J connectivity index is 1.58. The summed E-state index contributed by atoms with van der Waals surface area (Å²) < 4.78 is 41.5. The van der Waals surface area contributed by atoms with Crippen LogP contribution in [-0.2, 0) is 32.6 Å². The number of rotatable bonds is 14. The Hall–Kier alpha value is -4.06. The van der Waals surface area contributed by atoms with Gasteiger partial charge in [-0.15, -0.1) is 0 Å². The van der Waals surface area contributed by atoms with Crippen molar-refractivity contribution >= 4 is 55.1 Å². The maximum Gasteiger partial charge on any atom is 0.264 e. The molecule has 1 aliphatic carbocycles. The fraction of sp³-hybridized carbons (Fsp3) is 0.316. The van der Waals surface area contributed by atoms with Gasteiger partial charge in [0.05, 0.1) is 24.8 Å². The van der Waals surface area contributed by atoms with Crippen molar-refractivity contribution < 1.29 is 27.5 Å². The third-order valence-corrected chi connectivity index (χ3v) is 11.3. The van der Waals surface area contributed by atoms with Gasteiger partial charge in [-0.05, 0) is 72.5 Å². The van der Waals surface area contributed by atoms with Crippen LogP contribution in [0.2, 0.25) is 5.02 Å². The van der Waals surface area contributed by atoms with Crippen LogP contribution in [0.1, 0.15) is 43.2 Å². The Morgan fingerprint density at radius 2 is 1.54 bits per heavy atom. The lowest BCUT2D eigenvalue weighted by molar-refractivity contribution is -0.140. The number of nitrogens with zero attached hydrogens (tertiary/aromatic N) is 2. The number of halogens is 2. The van der Waals surface area contributed by atoms with Crippen molar-refractivity contribution in [2.75, 3.05) is 25.1 Å². The summed E-state index contributed by atoms with van der Waals surface area (Å²) in [5.74, 6) is -0.253. The molecule has 1 fully saturated rings. The molecule has 1 aliphatic rings. The molecular weight excluding hydrogens is 742 g/mol. The molecule has 264 valence electrons. The number of hydrogen-bond donors (Lipinski definition) is 1. The van der Waals surface area contributed by atoms with Gasteiger partial charge in [-0.1, -0.05) is 89.3 Å². The summed E-state index contributed by atoms with van der Waals surface area (Å²) in [5.41, 5.74) is 1.87. The Kier molecular flexibility index (Phi) is 12.8. The number of benzene rings is 4. The van der Waals surface area contributed by atoms with Crippen molar-refractivity contribution in [1.82, 2.24) is 10.2 Å². The average molecular weight is 783 g/mol. The number of amides is 2. The molecule has 4 aromatic rings. The van der Waals surface area contributed by atoms with E-state index in [1.807, 2.05) is 54.6 Å². The van der Waals surface area contributed by atoms with Gasteiger partial charge in [0.15, 0.2) is 11.5 Å². The Labute approximate surface area is 307 Å². The van der Waals surface area contributed by atoms with Crippen LogP contribution in [0, 0.1) is 0 Å². The van der Waals surface area contributed by atoms with Gasteiger partial charge in [-0.2, -0.15) is 0 Å². The number of ether oxygens (including phenoxy) is 2. The summed E-state index contributed by atoms with van der Waals surface area (Å²) in [4.78, 5) is 30.4. The van der Waals surface area contributed by atoms with E-state index < -0.39 is 28.5 Å². The molecule has 12 heteroatoms. The summed E-state index contributed by atoms with van der Waals surface area (Å²) in [6.07, 6.45) is 5.16. The average Bonchev–Trinajstić information content (AvgIpc) is 3.12. The van der Waals surface area contributed by atoms with Crippen molar-refractivity contribution in [3.05, 3.63) is 118 Å². The summed E-state index contributed by atoms with van der Waals surface area (Å²) >= 11 is 9.72. The van der Waals surface area contributed by atoms with Crippen molar-refractivity contribution in [1.29, 1.82) is 0 Å². The third-order valence-electron chi connectivity index (χ3n) is 8.80. The van der Waals surface area contributed by atoms with Gasteiger partial charge in [-0.25, -0.2) is 8.42 Å². The van der Waals surface area contributed by atoms with Crippen LogP contribution in [0.3, 0.4) is 0 Å². The SMILES string of the molecule is COc1ccc(S(=O)(=O)N(CC(=O)N(Cc2cccc(Br)c2)[C@@H](Cc2ccccc2)C(=O)NC2CCCCC2)c2ccc(Cl)cc2)cc1OC. The lowest BCUT2D eigenvalue weighted by atomic mass is 9.94. The first kappa shape index (κ1) is 37.2. The minimum atomic E-state index is -4.36. The van der Waals surface area contributed by atoms with Gasteiger partial charge in [0, 0.05) is 34.6 Å². The van der Waals surface area contributed by atoms with Crippen LogP contribution in [0.5, 0.6) is 11.5 Å². The molecule has 1 saturated carbocycles. The number of methoxy groups -OCH3 is 2. The first-order chi connectivity index (χ1) is 24.1. The van der Waals surface area contributed by atoms with Gasteiger partial charge in [0.1, 0.15) is 12.6 Å². The number of nitrogens with one attached hydrogen (secondary N) is 1. The number of hydrogen-bond acceptors (Lipinski definition) is 6. The van der Waals surface area contributed by atoms with E-state index in [1.54, 1.807) is 24.3 Å². The predicted octanol–water partition coefficient (Wildman–Crippen LogP) is 7.40. The Morgan fingerprint density at radius 1 is 0.860 bits per heavy atom. The Bertz CT molecular complexity index is 1870. The molecule has 0 heterocycles. The van der Waals surface area contributed by atoms with Crippen LogP contribution in [0.25, 0.3) is 0 Å². The second-order valence-corrected chi connectivity index (χ2v) is 15.4. The van der Waals surface area contributed by atoms with E-state index in [1.165, 1.54) is 37.3 Å². The highest BCUT2D eigenvalue weighted by molar-refractivity contribution is 9.10. The quantitative estimate of drug-likeness (QED) is 0.143. The molecule has 0 bridgehead atoms. The highest BCUT2D eigenvalue weighted by Gasteiger charge is 2.36. The molecule has 5 rings (SSSR count). The molecule has 0 radical (unpaired) electrons. The van der Waals surface area contributed by atoms with E-state index in [9.17, 15) is 18.0 Å². The maximum atomic E-state index is 14.8. The predicted molar refractivity (Wildman–Crippen MR) is 199 cm³/mol. The molecule has 0 spiro atoms. The van der Waals surface area contributed by atoms with E-state index >= 15 is 0 Å². The number of carbonyl (C=O) groups is 2. The van der Waals surface area contributed by atoms with Crippen LogP contribution < -0.4 is 19.1 Å². The monoisotopic (exact) mass is 781 g/mol.